The minimum atomic E-state index is -0.542. The molecule has 1 rings (SSSR count). The molecule has 0 radical (unpaired) electrons. The number of nitrogens with two attached hydrogens (primary N) is 1. The van der Waals surface area contributed by atoms with Gasteiger partial charge in [-0.05, 0) is 64.3 Å². The number of halogens is 1. The summed E-state index contributed by atoms with van der Waals surface area (Å²) in [6.45, 7) is 9.54. The van der Waals surface area contributed by atoms with Crippen molar-refractivity contribution >= 4 is 21.8 Å². The average molecular weight is 357 g/mol. The minimum Gasteiger partial charge on any atom is -0.480 e. The quantitative estimate of drug-likeness (QED) is 0.823. The van der Waals surface area contributed by atoms with Crippen LogP contribution in [0.2, 0.25) is 0 Å². The molecular weight excluding hydrogens is 332 g/mol. The molecule has 2 atom stereocenters. The summed E-state index contributed by atoms with van der Waals surface area (Å²) in [5.74, 6) is 0.640. The van der Waals surface area contributed by atoms with Crippen LogP contribution in [0.15, 0.2) is 16.6 Å². The Kier molecular flexibility index (Phi) is 6.68. The van der Waals surface area contributed by atoms with Crippen molar-refractivity contribution in [1.29, 1.82) is 0 Å². The molecule has 4 nitrogen and oxygen atoms in total. The maximum atomic E-state index is 12.0. The van der Waals surface area contributed by atoms with Crippen LogP contribution in [0.3, 0.4) is 0 Å². The number of carbonyl (C=O) groups excluding carboxylic acids is 1. The molecule has 5 heteroatoms. The third-order valence-corrected chi connectivity index (χ3v) is 3.41. The topological polar surface area (TPSA) is 64.3 Å². The van der Waals surface area contributed by atoms with Crippen LogP contribution in [0.1, 0.15) is 38.8 Å². The van der Waals surface area contributed by atoms with Crippen molar-refractivity contribution in [2.45, 2.75) is 59.2 Å². The van der Waals surface area contributed by atoms with Crippen molar-refractivity contribution in [3.05, 3.63) is 27.7 Å². The van der Waals surface area contributed by atoms with E-state index in [4.69, 9.17) is 10.5 Å². The van der Waals surface area contributed by atoms with Gasteiger partial charge in [-0.3, -0.25) is 4.79 Å². The number of benzene rings is 1. The summed E-state index contributed by atoms with van der Waals surface area (Å²) >= 11 is 3.49. The molecule has 0 aromatic heterocycles. The molecule has 0 saturated carbocycles. The fourth-order valence-corrected chi connectivity index (χ4v) is 2.72. The molecule has 3 N–H and O–H groups in total. The van der Waals surface area contributed by atoms with Crippen LogP contribution in [0.5, 0.6) is 5.75 Å². The number of rotatable bonds is 6. The van der Waals surface area contributed by atoms with Gasteiger partial charge in [0.2, 0.25) is 0 Å². The zero-order valence-corrected chi connectivity index (χ0v) is 15.0. The summed E-state index contributed by atoms with van der Waals surface area (Å²) in [5.41, 5.74) is 7.90. The molecular formula is C16H25BrN2O2. The second kappa shape index (κ2) is 7.80. The van der Waals surface area contributed by atoms with E-state index in [2.05, 4.69) is 21.2 Å². The fraction of sp³-hybridized carbons (Fsp3) is 0.562. The van der Waals surface area contributed by atoms with E-state index in [1.54, 1.807) is 6.92 Å². The van der Waals surface area contributed by atoms with Gasteiger partial charge in [0.05, 0.1) is 0 Å². The second-order valence-electron chi connectivity index (χ2n) is 5.82. The van der Waals surface area contributed by atoms with Gasteiger partial charge >= 0.3 is 0 Å². The molecule has 0 aliphatic rings. The van der Waals surface area contributed by atoms with Crippen LogP contribution in [0.4, 0.5) is 0 Å². The normalized spacial score (nSPS) is 13.9. The number of ether oxygens (including phenoxy) is 1. The summed E-state index contributed by atoms with van der Waals surface area (Å²) < 4.78 is 6.89. The standard InChI is InChI=1S/C16H25BrN2O2/c1-9(2)19-16(20)12(5)21-15-10(3)6-14(17)8-13(15)7-11(4)18/h6,8-9,11-12H,7,18H2,1-5H3,(H,19,20). The fourth-order valence-electron chi connectivity index (χ4n) is 2.10. The summed E-state index contributed by atoms with van der Waals surface area (Å²) in [6, 6.07) is 4.10. The molecule has 0 bridgehead atoms. The lowest BCUT2D eigenvalue weighted by Gasteiger charge is -2.21. The zero-order valence-electron chi connectivity index (χ0n) is 13.4. The van der Waals surface area contributed by atoms with Gasteiger partial charge in [0.25, 0.3) is 5.91 Å². The smallest absolute Gasteiger partial charge is 0.260 e. The molecule has 0 fully saturated rings. The van der Waals surface area contributed by atoms with E-state index in [-0.39, 0.29) is 18.0 Å². The molecule has 0 spiro atoms. The molecule has 1 amide bonds. The molecule has 1 aromatic rings. The highest BCUT2D eigenvalue weighted by Gasteiger charge is 2.19. The molecule has 0 aliphatic heterocycles. The lowest BCUT2D eigenvalue weighted by Crippen LogP contribution is -2.40. The summed E-state index contributed by atoms with van der Waals surface area (Å²) in [5, 5.41) is 2.86. The molecule has 0 heterocycles. The molecule has 21 heavy (non-hydrogen) atoms. The first-order valence-corrected chi connectivity index (χ1v) is 8.01. The summed E-state index contributed by atoms with van der Waals surface area (Å²) in [4.78, 5) is 12.0. The maximum Gasteiger partial charge on any atom is 0.260 e. The van der Waals surface area contributed by atoms with E-state index in [9.17, 15) is 4.79 Å². The Morgan fingerprint density at radius 3 is 2.48 bits per heavy atom. The van der Waals surface area contributed by atoms with Gasteiger partial charge in [-0.25, -0.2) is 0 Å². The van der Waals surface area contributed by atoms with Crippen molar-refractivity contribution in [2.24, 2.45) is 5.73 Å². The van der Waals surface area contributed by atoms with E-state index in [1.165, 1.54) is 0 Å². The van der Waals surface area contributed by atoms with Crippen LogP contribution in [-0.4, -0.2) is 24.1 Å². The minimum absolute atomic E-state index is 0.0286. The van der Waals surface area contributed by atoms with Gasteiger partial charge in [-0.2, -0.15) is 0 Å². The maximum absolute atomic E-state index is 12.0. The predicted molar refractivity (Wildman–Crippen MR) is 89.6 cm³/mol. The molecule has 1 aromatic carbocycles. The third kappa shape index (κ3) is 5.67. The first kappa shape index (κ1) is 18.0. The Hall–Kier alpha value is -1.07. The predicted octanol–water partition coefficient (Wildman–Crippen LogP) is 2.94. The number of hydrogen-bond donors (Lipinski definition) is 2. The van der Waals surface area contributed by atoms with Crippen molar-refractivity contribution in [1.82, 2.24) is 5.32 Å². The van der Waals surface area contributed by atoms with Crippen molar-refractivity contribution in [3.63, 3.8) is 0 Å². The van der Waals surface area contributed by atoms with Crippen molar-refractivity contribution in [2.75, 3.05) is 0 Å². The number of carbonyl (C=O) groups is 1. The lowest BCUT2D eigenvalue weighted by molar-refractivity contribution is -0.127. The van der Waals surface area contributed by atoms with E-state index in [0.29, 0.717) is 6.42 Å². The highest BCUT2D eigenvalue weighted by molar-refractivity contribution is 9.10. The van der Waals surface area contributed by atoms with Crippen LogP contribution >= 0.6 is 15.9 Å². The number of amides is 1. The van der Waals surface area contributed by atoms with Crippen LogP contribution in [0.25, 0.3) is 0 Å². The molecule has 0 saturated heterocycles. The second-order valence-corrected chi connectivity index (χ2v) is 6.73. The zero-order chi connectivity index (χ0) is 16.2. The van der Waals surface area contributed by atoms with Gasteiger partial charge in [0.1, 0.15) is 5.75 Å². The SMILES string of the molecule is Cc1cc(Br)cc(CC(C)N)c1OC(C)C(=O)NC(C)C. The summed E-state index contributed by atoms with van der Waals surface area (Å²) in [6.07, 6.45) is 0.160. The number of aryl methyl sites for hydroxylation is 1. The third-order valence-electron chi connectivity index (χ3n) is 2.95. The monoisotopic (exact) mass is 356 g/mol. The summed E-state index contributed by atoms with van der Waals surface area (Å²) in [7, 11) is 0. The average Bonchev–Trinajstić information content (AvgIpc) is 2.31. The number of hydrogen-bond acceptors (Lipinski definition) is 3. The first-order chi connectivity index (χ1) is 9.70. The molecule has 2 unspecified atom stereocenters. The number of nitrogens with one attached hydrogen (secondary N) is 1. The van der Waals surface area contributed by atoms with Crippen molar-refractivity contribution in [3.8, 4) is 5.75 Å². The first-order valence-electron chi connectivity index (χ1n) is 7.22. The largest absolute Gasteiger partial charge is 0.480 e. The Morgan fingerprint density at radius 2 is 1.95 bits per heavy atom. The van der Waals surface area contributed by atoms with Crippen LogP contribution < -0.4 is 15.8 Å². The van der Waals surface area contributed by atoms with Gasteiger partial charge in [0.15, 0.2) is 6.10 Å². The van der Waals surface area contributed by atoms with Crippen LogP contribution in [-0.2, 0) is 11.2 Å². The van der Waals surface area contributed by atoms with E-state index < -0.39 is 6.10 Å². The molecule has 0 aliphatic carbocycles. The lowest BCUT2D eigenvalue weighted by atomic mass is 10.0. The van der Waals surface area contributed by atoms with E-state index in [0.717, 1.165) is 21.3 Å². The van der Waals surface area contributed by atoms with Crippen LogP contribution in [0, 0.1) is 6.92 Å². The van der Waals surface area contributed by atoms with Gasteiger partial charge in [-0.15, -0.1) is 0 Å². The Labute approximate surface area is 135 Å². The van der Waals surface area contributed by atoms with Gasteiger partial charge in [0, 0.05) is 16.6 Å². The Balaban J connectivity index is 2.98. The van der Waals surface area contributed by atoms with E-state index >= 15 is 0 Å². The molecule has 118 valence electrons. The van der Waals surface area contributed by atoms with Gasteiger partial charge < -0.3 is 15.8 Å². The van der Waals surface area contributed by atoms with E-state index in [1.807, 2.05) is 39.8 Å². The van der Waals surface area contributed by atoms with Gasteiger partial charge in [-0.1, -0.05) is 15.9 Å². The highest BCUT2D eigenvalue weighted by atomic mass is 79.9. The Morgan fingerprint density at radius 1 is 1.33 bits per heavy atom. The van der Waals surface area contributed by atoms with Crippen molar-refractivity contribution < 1.29 is 9.53 Å². The Bertz CT molecular complexity index is 501. The highest BCUT2D eigenvalue weighted by Crippen LogP contribution is 2.29.